The SMILES string of the molecule is Cc1nc2c([nH]1)CC(C(=O)Nc1cc(C(F)(F)F)ccc1Cl)CC2. The second-order valence-corrected chi connectivity index (χ2v) is 6.28. The Morgan fingerprint density at radius 2 is 2.17 bits per heavy atom. The molecule has 2 N–H and O–H groups in total. The lowest BCUT2D eigenvalue weighted by Crippen LogP contribution is -2.28. The van der Waals surface area contributed by atoms with Crippen LogP contribution < -0.4 is 5.32 Å². The van der Waals surface area contributed by atoms with Gasteiger partial charge in [0.25, 0.3) is 0 Å². The number of halogens is 4. The number of carbonyl (C=O) groups is 1. The predicted molar refractivity (Wildman–Crippen MR) is 83.9 cm³/mol. The number of carbonyl (C=O) groups excluding carboxylic acids is 1. The van der Waals surface area contributed by atoms with E-state index in [1.54, 1.807) is 0 Å². The van der Waals surface area contributed by atoms with Gasteiger partial charge in [0.1, 0.15) is 5.82 Å². The third-order valence-corrected chi connectivity index (χ3v) is 4.41. The number of nitrogens with zero attached hydrogens (tertiary/aromatic N) is 1. The van der Waals surface area contributed by atoms with Gasteiger partial charge in [-0.25, -0.2) is 4.98 Å². The molecule has 0 saturated carbocycles. The van der Waals surface area contributed by atoms with Crippen LogP contribution in [-0.2, 0) is 23.8 Å². The first-order chi connectivity index (χ1) is 11.2. The van der Waals surface area contributed by atoms with Crippen molar-refractivity contribution in [1.82, 2.24) is 9.97 Å². The number of rotatable bonds is 2. The highest BCUT2D eigenvalue weighted by atomic mass is 35.5. The monoisotopic (exact) mass is 357 g/mol. The number of amides is 1. The van der Waals surface area contributed by atoms with Crippen LogP contribution in [0, 0.1) is 12.8 Å². The summed E-state index contributed by atoms with van der Waals surface area (Å²) in [4.78, 5) is 19.9. The second kappa shape index (κ2) is 6.12. The Morgan fingerprint density at radius 1 is 1.42 bits per heavy atom. The van der Waals surface area contributed by atoms with E-state index in [0.29, 0.717) is 19.3 Å². The topological polar surface area (TPSA) is 57.8 Å². The minimum atomic E-state index is -4.49. The number of aromatic amines is 1. The molecule has 0 aliphatic heterocycles. The summed E-state index contributed by atoms with van der Waals surface area (Å²) in [5, 5.41) is 2.60. The van der Waals surface area contributed by atoms with Gasteiger partial charge in [-0.05, 0) is 38.0 Å². The van der Waals surface area contributed by atoms with E-state index >= 15 is 0 Å². The van der Waals surface area contributed by atoms with Gasteiger partial charge in [-0.15, -0.1) is 0 Å². The van der Waals surface area contributed by atoms with Crippen molar-refractivity contribution in [3.8, 4) is 0 Å². The number of aryl methyl sites for hydroxylation is 2. The van der Waals surface area contributed by atoms with E-state index in [9.17, 15) is 18.0 Å². The fourth-order valence-electron chi connectivity index (χ4n) is 2.88. The number of aromatic nitrogens is 2. The average molecular weight is 358 g/mol. The summed E-state index contributed by atoms with van der Waals surface area (Å²) in [6.07, 6.45) is -2.75. The largest absolute Gasteiger partial charge is 0.416 e. The van der Waals surface area contributed by atoms with Crippen LogP contribution in [0.2, 0.25) is 5.02 Å². The Labute approximate surface area is 141 Å². The van der Waals surface area contributed by atoms with Gasteiger partial charge in [0.2, 0.25) is 5.91 Å². The minimum Gasteiger partial charge on any atom is -0.346 e. The summed E-state index contributed by atoms with van der Waals surface area (Å²) in [6, 6.07) is 2.88. The van der Waals surface area contributed by atoms with Gasteiger partial charge in [0.15, 0.2) is 0 Å². The zero-order chi connectivity index (χ0) is 17.5. The number of H-pyrrole nitrogens is 1. The molecule has 1 aliphatic carbocycles. The Balaban J connectivity index is 1.76. The van der Waals surface area contributed by atoms with E-state index in [-0.39, 0.29) is 22.5 Å². The maximum Gasteiger partial charge on any atom is 0.416 e. The van der Waals surface area contributed by atoms with Gasteiger partial charge >= 0.3 is 6.18 Å². The molecule has 1 heterocycles. The van der Waals surface area contributed by atoms with Gasteiger partial charge in [0, 0.05) is 18.0 Å². The van der Waals surface area contributed by atoms with Crippen LogP contribution in [0.4, 0.5) is 18.9 Å². The summed E-state index contributed by atoms with van der Waals surface area (Å²) < 4.78 is 38.4. The second-order valence-electron chi connectivity index (χ2n) is 5.87. The molecule has 4 nitrogen and oxygen atoms in total. The van der Waals surface area contributed by atoms with Crippen molar-refractivity contribution in [3.05, 3.63) is 46.0 Å². The molecular weight excluding hydrogens is 343 g/mol. The minimum absolute atomic E-state index is 0.0249. The molecule has 1 atom stereocenters. The third kappa shape index (κ3) is 3.40. The van der Waals surface area contributed by atoms with Crippen molar-refractivity contribution in [2.75, 3.05) is 5.32 Å². The average Bonchev–Trinajstić information content (AvgIpc) is 2.87. The molecule has 0 saturated heterocycles. The van der Waals surface area contributed by atoms with E-state index in [2.05, 4.69) is 15.3 Å². The Hall–Kier alpha value is -2.02. The maximum absolute atomic E-state index is 12.8. The molecular formula is C16H15ClF3N3O. The lowest BCUT2D eigenvalue weighted by atomic mass is 9.89. The standard InChI is InChI=1S/C16H15ClF3N3O/c1-8-21-12-5-2-9(6-14(12)22-8)15(24)23-13-7-10(16(18,19)20)3-4-11(13)17/h3-4,7,9H,2,5-6H2,1H3,(H,21,22)(H,23,24). The molecule has 128 valence electrons. The molecule has 2 aromatic rings. The smallest absolute Gasteiger partial charge is 0.346 e. The zero-order valence-electron chi connectivity index (χ0n) is 12.8. The Bertz CT molecular complexity index is 785. The van der Waals surface area contributed by atoms with Crippen LogP contribution >= 0.6 is 11.6 Å². The molecule has 1 aromatic heterocycles. The number of benzene rings is 1. The highest BCUT2D eigenvalue weighted by molar-refractivity contribution is 6.33. The molecule has 0 fully saturated rings. The third-order valence-electron chi connectivity index (χ3n) is 4.09. The van der Waals surface area contributed by atoms with E-state index in [0.717, 1.165) is 35.4 Å². The van der Waals surface area contributed by atoms with Crippen molar-refractivity contribution < 1.29 is 18.0 Å². The normalized spacial score (nSPS) is 17.5. The molecule has 1 unspecified atom stereocenters. The molecule has 0 spiro atoms. The highest BCUT2D eigenvalue weighted by Gasteiger charge is 2.32. The fraction of sp³-hybridized carbons (Fsp3) is 0.375. The number of imidazole rings is 1. The molecule has 24 heavy (non-hydrogen) atoms. The lowest BCUT2D eigenvalue weighted by molar-refractivity contribution is -0.137. The summed E-state index contributed by atoms with van der Waals surface area (Å²) in [6.45, 7) is 1.84. The van der Waals surface area contributed by atoms with Gasteiger partial charge in [-0.1, -0.05) is 11.6 Å². The maximum atomic E-state index is 12.8. The van der Waals surface area contributed by atoms with Crippen LogP contribution in [0.3, 0.4) is 0 Å². The Kier molecular flexibility index (Phi) is 4.29. The van der Waals surface area contributed by atoms with Crippen molar-refractivity contribution >= 4 is 23.2 Å². The number of anilines is 1. The first-order valence-corrected chi connectivity index (χ1v) is 7.84. The lowest BCUT2D eigenvalue weighted by Gasteiger charge is -2.21. The van der Waals surface area contributed by atoms with E-state index < -0.39 is 11.7 Å². The van der Waals surface area contributed by atoms with Crippen molar-refractivity contribution in [1.29, 1.82) is 0 Å². The number of alkyl halides is 3. The molecule has 1 aromatic carbocycles. The van der Waals surface area contributed by atoms with Crippen molar-refractivity contribution in [2.45, 2.75) is 32.4 Å². The van der Waals surface area contributed by atoms with Crippen LogP contribution in [0.15, 0.2) is 18.2 Å². The van der Waals surface area contributed by atoms with Crippen LogP contribution in [0.5, 0.6) is 0 Å². The number of hydrogen-bond donors (Lipinski definition) is 2. The van der Waals surface area contributed by atoms with Crippen LogP contribution in [-0.4, -0.2) is 15.9 Å². The quantitative estimate of drug-likeness (QED) is 0.849. The molecule has 0 radical (unpaired) electrons. The first-order valence-electron chi connectivity index (χ1n) is 7.46. The van der Waals surface area contributed by atoms with E-state index in [1.807, 2.05) is 6.92 Å². The molecule has 3 rings (SSSR count). The number of hydrogen-bond acceptors (Lipinski definition) is 2. The summed E-state index contributed by atoms with van der Waals surface area (Å²) in [5.74, 6) is 0.124. The summed E-state index contributed by atoms with van der Waals surface area (Å²) in [7, 11) is 0. The number of nitrogens with one attached hydrogen (secondary N) is 2. The van der Waals surface area contributed by atoms with Crippen LogP contribution in [0.1, 0.15) is 29.2 Å². The highest BCUT2D eigenvalue weighted by Crippen LogP contribution is 2.34. The summed E-state index contributed by atoms with van der Waals surface area (Å²) >= 11 is 5.92. The van der Waals surface area contributed by atoms with Crippen molar-refractivity contribution in [2.24, 2.45) is 5.92 Å². The van der Waals surface area contributed by atoms with Crippen molar-refractivity contribution in [3.63, 3.8) is 0 Å². The predicted octanol–water partition coefficient (Wildman–Crippen LogP) is 4.13. The van der Waals surface area contributed by atoms with E-state index in [4.69, 9.17) is 11.6 Å². The fourth-order valence-corrected chi connectivity index (χ4v) is 3.04. The van der Waals surface area contributed by atoms with E-state index in [1.165, 1.54) is 0 Å². The zero-order valence-corrected chi connectivity index (χ0v) is 13.6. The van der Waals surface area contributed by atoms with Gasteiger partial charge in [-0.2, -0.15) is 13.2 Å². The molecule has 1 aliphatic rings. The Morgan fingerprint density at radius 3 is 2.88 bits per heavy atom. The molecule has 1 amide bonds. The number of fused-ring (bicyclic) bond motifs is 1. The van der Waals surface area contributed by atoms with Crippen LogP contribution in [0.25, 0.3) is 0 Å². The van der Waals surface area contributed by atoms with Gasteiger partial charge in [0.05, 0.1) is 22.0 Å². The molecule has 0 bridgehead atoms. The first kappa shape index (κ1) is 16.8. The van der Waals surface area contributed by atoms with Gasteiger partial charge in [-0.3, -0.25) is 4.79 Å². The summed E-state index contributed by atoms with van der Waals surface area (Å²) in [5.41, 5.74) is 0.989. The van der Waals surface area contributed by atoms with Gasteiger partial charge < -0.3 is 10.3 Å². The molecule has 8 heteroatoms.